The zero-order valence-electron chi connectivity index (χ0n) is 17.4. The van der Waals surface area contributed by atoms with Gasteiger partial charge in [-0.3, -0.25) is 0 Å². The van der Waals surface area contributed by atoms with Gasteiger partial charge in [-0.1, -0.05) is 35.9 Å². The molecule has 4 N–H and O–H groups in total. The Morgan fingerprint density at radius 1 is 1.03 bits per heavy atom. The highest BCUT2D eigenvalue weighted by Gasteiger charge is 2.34. The van der Waals surface area contributed by atoms with Crippen LogP contribution in [-0.4, -0.2) is 29.7 Å². The summed E-state index contributed by atoms with van der Waals surface area (Å²) in [6.07, 6.45) is -4.98. The van der Waals surface area contributed by atoms with Crippen LogP contribution in [0.3, 0.4) is 0 Å². The lowest BCUT2D eigenvalue weighted by Crippen LogP contribution is -2.27. The molecule has 0 spiro atoms. The van der Waals surface area contributed by atoms with E-state index in [4.69, 9.17) is 5.73 Å². The largest absolute Gasteiger partial charge is 0.433 e. The summed E-state index contributed by atoms with van der Waals surface area (Å²) in [6, 6.07) is 5.71. The minimum atomic E-state index is -4.79. The highest BCUT2D eigenvalue weighted by atomic mass is 19.4. The van der Waals surface area contributed by atoms with E-state index in [-0.39, 0.29) is 29.2 Å². The third kappa shape index (κ3) is 6.43. The second-order valence-electron chi connectivity index (χ2n) is 7.69. The van der Waals surface area contributed by atoms with Crippen LogP contribution < -0.4 is 11.1 Å². The molecule has 2 atom stereocenters. The second kappa shape index (κ2) is 10.1. The number of hydrogen-bond acceptors (Lipinski definition) is 4. The lowest BCUT2D eigenvalue weighted by Gasteiger charge is -2.20. The van der Waals surface area contributed by atoms with Crippen molar-refractivity contribution >= 4 is 0 Å². The molecule has 1 aromatic carbocycles. The number of alkyl halides is 6. The summed E-state index contributed by atoms with van der Waals surface area (Å²) in [5.74, 6) is -0.0236. The van der Waals surface area contributed by atoms with Gasteiger partial charge in [-0.15, -0.1) is 0 Å². The van der Waals surface area contributed by atoms with E-state index in [1.807, 2.05) is 12.2 Å². The summed E-state index contributed by atoms with van der Waals surface area (Å²) in [7, 11) is 0. The molecule has 10 heteroatoms. The first kappa shape index (κ1) is 24.9. The Morgan fingerprint density at radius 3 is 2.33 bits per heavy atom. The van der Waals surface area contributed by atoms with Crippen molar-refractivity contribution in [1.29, 1.82) is 0 Å². The van der Waals surface area contributed by atoms with Crippen molar-refractivity contribution in [1.82, 2.24) is 10.3 Å². The van der Waals surface area contributed by atoms with E-state index in [1.165, 1.54) is 6.07 Å². The van der Waals surface area contributed by atoms with Crippen molar-refractivity contribution < 1.29 is 31.4 Å². The fourth-order valence-corrected chi connectivity index (χ4v) is 3.55. The van der Waals surface area contributed by atoms with Gasteiger partial charge in [0.25, 0.3) is 0 Å². The smallest absolute Gasteiger partial charge is 0.388 e. The van der Waals surface area contributed by atoms with Gasteiger partial charge in [-0.2, -0.15) is 26.3 Å². The van der Waals surface area contributed by atoms with E-state index in [9.17, 15) is 31.4 Å². The summed E-state index contributed by atoms with van der Waals surface area (Å²) in [6.45, 7) is 1.64. The Bertz CT molecular complexity index is 1010. The quantitative estimate of drug-likeness (QED) is 0.380. The van der Waals surface area contributed by atoms with Gasteiger partial charge >= 0.3 is 12.4 Å². The third-order valence-corrected chi connectivity index (χ3v) is 5.28. The average molecular weight is 471 g/mol. The average Bonchev–Trinajstić information content (AvgIpc) is 3.19. The summed E-state index contributed by atoms with van der Waals surface area (Å²) in [5.41, 5.74) is 4.03. The van der Waals surface area contributed by atoms with E-state index < -0.39 is 29.7 Å². The maximum absolute atomic E-state index is 13.5. The molecule has 0 aliphatic heterocycles. The highest BCUT2D eigenvalue weighted by Crippen LogP contribution is 2.36. The van der Waals surface area contributed by atoms with Gasteiger partial charge in [0.15, 0.2) is 0 Å². The van der Waals surface area contributed by atoms with Gasteiger partial charge in [-0.05, 0) is 36.2 Å². The van der Waals surface area contributed by atoms with Crippen molar-refractivity contribution in [2.75, 3.05) is 19.6 Å². The Balaban J connectivity index is 1.87. The summed E-state index contributed by atoms with van der Waals surface area (Å²) < 4.78 is 78.8. The van der Waals surface area contributed by atoms with Crippen LogP contribution in [0.2, 0.25) is 0 Å². The third-order valence-electron chi connectivity index (χ3n) is 5.28. The number of nitrogens with two attached hydrogens (primary N) is 1. The molecular weight excluding hydrogens is 448 g/mol. The fourth-order valence-electron chi connectivity index (χ4n) is 3.55. The predicted octanol–water partition coefficient (Wildman–Crippen LogP) is 4.87. The first-order valence-electron chi connectivity index (χ1n) is 10.2. The van der Waals surface area contributed by atoms with Gasteiger partial charge in [0.2, 0.25) is 0 Å². The van der Waals surface area contributed by atoms with Crippen LogP contribution in [0.25, 0.3) is 11.3 Å². The van der Waals surface area contributed by atoms with Gasteiger partial charge in [-0.25, -0.2) is 4.98 Å². The molecule has 0 radical (unpaired) electrons. The minimum Gasteiger partial charge on any atom is -0.388 e. The van der Waals surface area contributed by atoms with E-state index in [2.05, 4.69) is 10.3 Å². The Hall–Kier alpha value is -2.69. The number of pyridine rings is 1. The number of aliphatic hydroxyl groups is 1. The molecule has 0 fully saturated rings. The highest BCUT2D eigenvalue weighted by molar-refractivity contribution is 5.61. The van der Waals surface area contributed by atoms with E-state index >= 15 is 0 Å². The van der Waals surface area contributed by atoms with Crippen molar-refractivity contribution in [2.45, 2.75) is 24.9 Å². The molecule has 4 nitrogen and oxygen atoms in total. The van der Waals surface area contributed by atoms with Gasteiger partial charge in [0.1, 0.15) is 5.69 Å². The number of aromatic nitrogens is 1. The first-order valence-corrected chi connectivity index (χ1v) is 10.2. The molecule has 3 rings (SSSR count). The Labute approximate surface area is 186 Å². The van der Waals surface area contributed by atoms with E-state index in [0.29, 0.717) is 19.6 Å². The molecule has 0 saturated carbocycles. The van der Waals surface area contributed by atoms with Crippen molar-refractivity contribution in [3.05, 3.63) is 77.0 Å². The van der Waals surface area contributed by atoms with Crippen LogP contribution in [0.15, 0.2) is 60.2 Å². The topological polar surface area (TPSA) is 71.2 Å². The van der Waals surface area contributed by atoms with Crippen LogP contribution in [0.5, 0.6) is 0 Å². The molecule has 2 aromatic rings. The maximum atomic E-state index is 13.5. The number of halogens is 6. The van der Waals surface area contributed by atoms with Crippen LogP contribution in [-0.2, 0) is 12.4 Å². The summed E-state index contributed by atoms with van der Waals surface area (Å²) >= 11 is 0. The first-order chi connectivity index (χ1) is 15.5. The molecule has 0 bridgehead atoms. The van der Waals surface area contributed by atoms with Gasteiger partial charge < -0.3 is 16.2 Å². The van der Waals surface area contributed by atoms with Crippen LogP contribution in [0, 0.1) is 5.92 Å². The molecular formula is C23H23F6N3O. The standard InChI is InChI=1S/C23H23F6N3O/c24-22(25,26)18-6-4-14(5-7-18)19-10-17(12-21(32-19)23(27,28)29)20(33)11-15-2-1-3-16(15)13-31-9-8-30/h1-7,10,12,16,20,31,33H,8-9,11,13,30H2/t16?,20-/m1/s1. The lowest BCUT2D eigenvalue weighted by molar-refractivity contribution is -0.141. The Morgan fingerprint density at radius 2 is 1.73 bits per heavy atom. The molecule has 0 saturated heterocycles. The lowest BCUT2D eigenvalue weighted by atomic mass is 9.93. The molecule has 0 amide bonds. The van der Waals surface area contributed by atoms with Gasteiger partial charge in [0, 0.05) is 31.1 Å². The number of hydrogen-bond donors (Lipinski definition) is 3. The Kier molecular flexibility index (Phi) is 7.61. The van der Waals surface area contributed by atoms with Crippen molar-refractivity contribution in [3.63, 3.8) is 0 Å². The number of nitrogens with zero attached hydrogens (tertiary/aromatic N) is 1. The van der Waals surface area contributed by atoms with Crippen molar-refractivity contribution in [3.8, 4) is 11.3 Å². The van der Waals surface area contributed by atoms with Crippen LogP contribution in [0.4, 0.5) is 26.3 Å². The normalized spacial score (nSPS) is 17.3. The van der Waals surface area contributed by atoms with Crippen LogP contribution in [0.1, 0.15) is 29.3 Å². The maximum Gasteiger partial charge on any atom is 0.433 e. The number of aliphatic hydroxyl groups excluding tert-OH is 1. The molecule has 178 valence electrons. The van der Waals surface area contributed by atoms with Crippen molar-refractivity contribution in [2.24, 2.45) is 11.7 Å². The SMILES string of the molecule is NCCNCC1C=CC=C1C[C@@H](O)c1cc(-c2ccc(C(F)(F)F)cc2)nc(C(F)(F)F)c1. The number of nitrogens with one attached hydrogen (secondary N) is 1. The molecule has 1 unspecified atom stereocenters. The zero-order chi connectivity index (χ0) is 24.2. The number of rotatable bonds is 8. The molecule has 1 aliphatic rings. The fraction of sp³-hybridized carbons (Fsp3) is 0.348. The summed E-state index contributed by atoms with van der Waals surface area (Å²) in [5, 5.41) is 13.9. The summed E-state index contributed by atoms with van der Waals surface area (Å²) in [4.78, 5) is 3.58. The van der Waals surface area contributed by atoms with E-state index in [1.54, 1.807) is 6.08 Å². The molecule has 1 aliphatic carbocycles. The molecule has 1 aromatic heterocycles. The number of benzene rings is 1. The predicted molar refractivity (Wildman–Crippen MR) is 112 cm³/mol. The zero-order valence-corrected chi connectivity index (χ0v) is 17.4. The van der Waals surface area contributed by atoms with Gasteiger partial charge in [0.05, 0.1) is 17.4 Å². The van der Waals surface area contributed by atoms with Crippen LogP contribution >= 0.6 is 0 Å². The minimum absolute atomic E-state index is 0.0197. The number of allylic oxidation sites excluding steroid dienone is 2. The monoisotopic (exact) mass is 471 g/mol. The molecule has 33 heavy (non-hydrogen) atoms. The van der Waals surface area contributed by atoms with E-state index in [0.717, 1.165) is 35.9 Å². The second-order valence-corrected chi connectivity index (χ2v) is 7.69. The molecule has 1 heterocycles.